The summed E-state index contributed by atoms with van der Waals surface area (Å²) in [6.07, 6.45) is 8.05. The lowest BCUT2D eigenvalue weighted by atomic mass is 10.2. The van der Waals surface area contributed by atoms with Gasteiger partial charge in [0, 0.05) is 0 Å². The van der Waals surface area contributed by atoms with Crippen LogP contribution in [0.5, 0.6) is 17.2 Å². The topological polar surface area (TPSA) is 61.8 Å². The summed E-state index contributed by atoms with van der Waals surface area (Å²) in [5.74, 6) is 0.300. The van der Waals surface area contributed by atoms with Crippen molar-refractivity contribution in [2.45, 2.75) is 13.3 Å². The van der Waals surface area contributed by atoms with E-state index in [-0.39, 0.29) is 11.9 Å². The molecule has 5 nitrogen and oxygen atoms in total. The Morgan fingerprint density at radius 1 is 0.815 bits per heavy atom. The Bertz CT molecular complexity index is 835. The van der Waals surface area contributed by atoms with E-state index in [0.29, 0.717) is 29.4 Å². The molecule has 0 N–H and O–H groups in total. The molecule has 1 aliphatic carbocycles. The van der Waals surface area contributed by atoms with Crippen LogP contribution in [0.25, 0.3) is 0 Å². The molecule has 0 saturated heterocycles. The van der Waals surface area contributed by atoms with Gasteiger partial charge in [-0.15, -0.1) is 0 Å². The Labute approximate surface area is 157 Å². The van der Waals surface area contributed by atoms with Gasteiger partial charge in [0.1, 0.15) is 17.2 Å². The minimum absolute atomic E-state index is 0.352. The second-order valence-electron chi connectivity index (χ2n) is 5.95. The molecule has 0 amide bonds. The monoisotopic (exact) mass is 364 g/mol. The first-order valence-corrected chi connectivity index (χ1v) is 8.77. The first kappa shape index (κ1) is 18.5. The van der Waals surface area contributed by atoms with Gasteiger partial charge < -0.3 is 14.2 Å². The lowest BCUT2D eigenvalue weighted by Crippen LogP contribution is -2.15. The van der Waals surface area contributed by atoms with E-state index in [1.165, 1.54) is 0 Å². The molecule has 0 atom stereocenters. The molecule has 0 fully saturated rings. The molecule has 2 aromatic rings. The Morgan fingerprint density at radius 3 is 1.96 bits per heavy atom. The van der Waals surface area contributed by atoms with Gasteiger partial charge in [-0.2, -0.15) is 0 Å². The molecule has 1 aliphatic rings. The van der Waals surface area contributed by atoms with Crippen LogP contribution in [0.15, 0.2) is 72.8 Å². The van der Waals surface area contributed by atoms with Crippen molar-refractivity contribution in [3.8, 4) is 17.2 Å². The summed E-state index contributed by atoms with van der Waals surface area (Å²) in [5.41, 5.74) is 0.425. The SMILES string of the molecule is CCCOc1ccc(C(=O)Oc2ccc(OC(=O)C3C=CC=C3)cc2)cc1. The van der Waals surface area contributed by atoms with E-state index in [9.17, 15) is 9.59 Å². The number of rotatable bonds is 7. The predicted octanol–water partition coefficient (Wildman–Crippen LogP) is 4.34. The molecule has 0 spiro atoms. The molecular weight excluding hydrogens is 344 g/mol. The molecular formula is C22H20O5. The van der Waals surface area contributed by atoms with Crippen LogP contribution < -0.4 is 14.2 Å². The molecule has 0 aliphatic heterocycles. The summed E-state index contributed by atoms with van der Waals surface area (Å²) >= 11 is 0. The first-order chi connectivity index (χ1) is 13.2. The second-order valence-corrected chi connectivity index (χ2v) is 5.95. The van der Waals surface area contributed by atoms with Gasteiger partial charge in [0.15, 0.2) is 0 Å². The average Bonchev–Trinajstić information content (AvgIpc) is 3.23. The van der Waals surface area contributed by atoms with Crippen molar-refractivity contribution in [2.24, 2.45) is 5.92 Å². The highest BCUT2D eigenvalue weighted by Crippen LogP contribution is 2.21. The molecule has 138 valence electrons. The highest BCUT2D eigenvalue weighted by molar-refractivity contribution is 5.91. The Hall–Kier alpha value is -3.34. The van der Waals surface area contributed by atoms with Gasteiger partial charge in [0.25, 0.3) is 0 Å². The highest BCUT2D eigenvalue weighted by Gasteiger charge is 2.16. The summed E-state index contributed by atoms with van der Waals surface area (Å²) < 4.78 is 16.1. The van der Waals surface area contributed by atoms with E-state index in [4.69, 9.17) is 14.2 Å². The van der Waals surface area contributed by atoms with Crippen LogP contribution in [-0.4, -0.2) is 18.5 Å². The third-order valence-corrected chi connectivity index (χ3v) is 3.84. The fourth-order valence-electron chi connectivity index (χ4n) is 2.42. The number of esters is 2. The molecule has 0 unspecified atom stereocenters. The van der Waals surface area contributed by atoms with Gasteiger partial charge in [-0.25, -0.2) is 4.79 Å². The van der Waals surface area contributed by atoms with Crippen LogP contribution in [0.3, 0.4) is 0 Å². The summed E-state index contributed by atoms with van der Waals surface area (Å²) in [7, 11) is 0. The van der Waals surface area contributed by atoms with E-state index in [2.05, 4.69) is 0 Å². The minimum Gasteiger partial charge on any atom is -0.494 e. The quantitative estimate of drug-likeness (QED) is 0.540. The average molecular weight is 364 g/mol. The molecule has 0 radical (unpaired) electrons. The lowest BCUT2D eigenvalue weighted by Gasteiger charge is -2.09. The zero-order valence-corrected chi connectivity index (χ0v) is 15.0. The molecule has 0 aromatic heterocycles. The van der Waals surface area contributed by atoms with E-state index in [0.717, 1.165) is 6.42 Å². The molecule has 27 heavy (non-hydrogen) atoms. The maximum Gasteiger partial charge on any atom is 0.343 e. The number of hydrogen-bond donors (Lipinski definition) is 0. The molecule has 0 saturated carbocycles. The third-order valence-electron chi connectivity index (χ3n) is 3.84. The van der Waals surface area contributed by atoms with Crippen LogP contribution in [0.2, 0.25) is 0 Å². The zero-order chi connectivity index (χ0) is 19.1. The van der Waals surface area contributed by atoms with E-state index < -0.39 is 5.97 Å². The second kappa shape index (κ2) is 8.85. The van der Waals surface area contributed by atoms with Gasteiger partial charge in [-0.1, -0.05) is 31.2 Å². The van der Waals surface area contributed by atoms with Crippen molar-refractivity contribution in [1.29, 1.82) is 0 Å². The normalized spacial score (nSPS) is 12.8. The van der Waals surface area contributed by atoms with Crippen LogP contribution in [0.4, 0.5) is 0 Å². The fraction of sp³-hybridized carbons (Fsp3) is 0.182. The maximum atomic E-state index is 12.2. The van der Waals surface area contributed by atoms with Gasteiger partial charge in [-0.05, 0) is 55.0 Å². The highest BCUT2D eigenvalue weighted by atomic mass is 16.5. The lowest BCUT2D eigenvalue weighted by molar-refractivity contribution is -0.135. The van der Waals surface area contributed by atoms with Gasteiger partial charge in [0.05, 0.1) is 18.1 Å². The van der Waals surface area contributed by atoms with Crippen molar-refractivity contribution < 1.29 is 23.8 Å². The number of ether oxygens (including phenoxy) is 3. The number of benzene rings is 2. The minimum atomic E-state index is -0.469. The molecule has 0 bridgehead atoms. The van der Waals surface area contributed by atoms with Crippen molar-refractivity contribution in [2.75, 3.05) is 6.61 Å². The van der Waals surface area contributed by atoms with Crippen LogP contribution >= 0.6 is 0 Å². The first-order valence-electron chi connectivity index (χ1n) is 8.77. The van der Waals surface area contributed by atoms with Crippen LogP contribution in [-0.2, 0) is 4.79 Å². The standard InChI is InChI=1S/C22H20O5/c1-2-15-25-18-9-7-17(8-10-18)22(24)27-20-13-11-19(12-14-20)26-21(23)16-5-3-4-6-16/h3-14,16H,2,15H2,1H3. The Kier molecular flexibility index (Phi) is 6.05. The summed E-state index contributed by atoms with van der Waals surface area (Å²) in [5, 5.41) is 0. The van der Waals surface area contributed by atoms with E-state index >= 15 is 0 Å². The van der Waals surface area contributed by atoms with Crippen molar-refractivity contribution in [3.05, 3.63) is 78.4 Å². The Balaban J connectivity index is 1.55. The number of allylic oxidation sites excluding steroid dienone is 2. The van der Waals surface area contributed by atoms with Crippen LogP contribution in [0.1, 0.15) is 23.7 Å². The van der Waals surface area contributed by atoms with E-state index in [1.807, 2.05) is 6.92 Å². The number of carbonyl (C=O) groups is 2. The van der Waals surface area contributed by atoms with Gasteiger partial charge in [0.2, 0.25) is 0 Å². The summed E-state index contributed by atoms with van der Waals surface area (Å²) in [4.78, 5) is 24.1. The molecule has 0 heterocycles. The molecule has 5 heteroatoms. The number of hydrogen-bond acceptors (Lipinski definition) is 5. The summed E-state index contributed by atoms with van der Waals surface area (Å²) in [6.45, 7) is 2.66. The van der Waals surface area contributed by atoms with Crippen molar-refractivity contribution in [1.82, 2.24) is 0 Å². The maximum absolute atomic E-state index is 12.2. The largest absolute Gasteiger partial charge is 0.494 e. The third kappa shape index (κ3) is 5.07. The van der Waals surface area contributed by atoms with Crippen molar-refractivity contribution >= 4 is 11.9 Å². The summed E-state index contributed by atoms with van der Waals surface area (Å²) in [6, 6.07) is 13.1. The van der Waals surface area contributed by atoms with Crippen LogP contribution in [0, 0.1) is 5.92 Å². The number of carbonyl (C=O) groups excluding carboxylic acids is 2. The molecule has 3 rings (SSSR count). The van der Waals surface area contributed by atoms with E-state index in [1.54, 1.807) is 72.8 Å². The molecule has 2 aromatic carbocycles. The Morgan fingerprint density at radius 2 is 1.37 bits per heavy atom. The predicted molar refractivity (Wildman–Crippen MR) is 101 cm³/mol. The fourth-order valence-corrected chi connectivity index (χ4v) is 2.42. The van der Waals surface area contributed by atoms with Gasteiger partial charge >= 0.3 is 11.9 Å². The smallest absolute Gasteiger partial charge is 0.343 e. The zero-order valence-electron chi connectivity index (χ0n) is 15.0. The van der Waals surface area contributed by atoms with Crippen molar-refractivity contribution in [3.63, 3.8) is 0 Å². The van der Waals surface area contributed by atoms with Gasteiger partial charge in [-0.3, -0.25) is 4.79 Å².